The molecule has 2 amide bonds. The van der Waals surface area contributed by atoms with Crippen LogP contribution >= 0.6 is 0 Å². The van der Waals surface area contributed by atoms with Crippen LogP contribution in [0.2, 0.25) is 0 Å². The van der Waals surface area contributed by atoms with Gasteiger partial charge in [-0.3, -0.25) is 9.59 Å². The molecule has 1 aliphatic heterocycles. The van der Waals surface area contributed by atoms with Gasteiger partial charge in [-0.1, -0.05) is 6.07 Å². The van der Waals surface area contributed by atoms with E-state index in [2.05, 4.69) is 10.6 Å². The monoisotopic (exact) mass is 220 g/mol. The van der Waals surface area contributed by atoms with E-state index in [0.29, 0.717) is 16.9 Å². The summed E-state index contributed by atoms with van der Waals surface area (Å²) in [5.41, 5.74) is 1.77. The molecule has 1 heterocycles. The van der Waals surface area contributed by atoms with Crippen LogP contribution < -0.4 is 10.6 Å². The second-order valence-electron chi connectivity index (χ2n) is 3.75. The molecule has 84 valence electrons. The number of carbonyl (C=O) groups excluding carboxylic acids is 2. The minimum Gasteiger partial charge on any atom is -0.389 e. The zero-order chi connectivity index (χ0) is 11.7. The Kier molecular flexibility index (Phi) is 2.62. The Morgan fingerprint density at radius 2 is 1.81 bits per heavy atom. The second-order valence-corrected chi connectivity index (χ2v) is 3.75. The molecule has 5 nitrogen and oxygen atoms in total. The van der Waals surface area contributed by atoms with E-state index >= 15 is 0 Å². The number of anilines is 2. The van der Waals surface area contributed by atoms with Crippen LogP contribution in [0, 0.1) is 0 Å². The highest BCUT2D eigenvalue weighted by Gasteiger charge is 2.18. The van der Waals surface area contributed by atoms with Gasteiger partial charge in [-0.2, -0.15) is 0 Å². The Morgan fingerprint density at radius 3 is 2.44 bits per heavy atom. The van der Waals surface area contributed by atoms with Crippen LogP contribution in [0.5, 0.6) is 0 Å². The smallest absolute Gasteiger partial charge is 0.233 e. The maximum absolute atomic E-state index is 11.3. The van der Waals surface area contributed by atoms with Gasteiger partial charge in [-0.15, -0.1) is 0 Å². The normalized spacial score (nSPS) is 16.9. The van der Waals surface area contributed by atoms with Crippen molar-refractivity contribution in [2.24, 2.45) is 0 Å². The average molecular weight is 220 g/mol. The Labute approximate surface area is 92.5 Å². The van der Waals surface area contributed by atoms with Gasteiger partial charge >= 0.3 is 0 Å². The predicted molar refractivity (Wildman–Crippen MR) is 59.0 cm³/mol. The van der Waals surface area contributed by atoms with Gasteiger partial charge in [0.2, 0.25) is 11.8 Å². The number of benzene rings is 1. The lowest BCUT2D eigenvalue weighted by atomic mass is 10.1. The van der Waals surface area contributed by atoms with E-state index in [4.69, 9.17) is 0 Å². The number of aliphatic hydroxyl groups excluding tert-OH is 1. The number of amides is 2. The Morgan fingerprint density at radius 1 is 1.19 bits per heavy atom. The number of hydrogen-bond donors (Lipinski definition) is 3. The highest BCUT2D eigenvalue weighted by atomic mass is 16.3. The first-order valence-corrected chi connectivity index (χ1v) is 4.98. The maximum Gasteiger partial charge on any atom is 0.233 e. The van der Waals surface area contributed by atoms with Crippen LogP contribution in [0.15, 0.2) is 18.2 Å². The summed E-state index contributed by atoms with van der Waals surface area (Å²) in [6.45, 7) is 1.64. The molecule has 1 aliphatic rings. The summed E-state index contributed by atoms with van der Waals surface area (Å²) in [4.78, 5) is 22.6. The fourth-order valence-corrected chi connectivity index (χ4v) is 1.57. The molecule has 2 rings (SSSR count). The molecule has 16 heavy (non-hydrogen) atoms. The zero-order valence-corrected chi connectivity index (χ0v) is 8.78. The summed E-state index contributed by atoms with van der Waals surface area (Å²) in [5, 5.41) is 14.6. The van der Waals surface area contributed by atoms with Crippen molar-refractivity contribution in [3.8, 4) is 0 Å². The van der Waals surface area contributed by atoms with Gasteiger partial charge in [0.1, 0.15) is 6.42 Å². The SMILES string of the molecule is C[C@@H](O)c1ccc2c(c1)NC(=O)CC(=O)N2. The van der Waals surface area contributed by atoms with Crippen LogP contribution in [0.25, 0.3) is 0 Å². The lowest BCUT2D eigenvalue weighted by molar-refractivity contribution is -0.123. The van der Waals surface area contributed by atoms with Crippen LogP contribution in [0.1, 0.15) is 25.0 Å². The van der Waals surface area contributed by atoms with E-state index in [1.165, 1.54) is 0 Å². The molecule has 0 unspecified atom stereocenters. The van der Waals surface area contributed by atoms with Gasteiger partial charge in [0.15, 0.2) is 0 Å². The molecule has 1 aromatic carbocycles. The number of aliphatic hydroxyl groups is 1. The maximum atomic E-state index is 11.3. The van der Waals surface area contributed by atoms with Crippen molar-refractivity contribution in [2.75, 3.05) is 10.6 Å². The van der Waals surface area contributed by atoms with Crippen molar-refractivity contribution in [2.45, 2.75) is 19.4 Å². The molecule has 0 saturated heterocycles. The molecule has 0 bridgehead atoms. The van der Waals surface area contributed by atoms with Gasteiger partial charge < -0.3 is 15.7 Å². The quantitative estimate of drug-likeness (QED) is 0.618. The first-order chi connectivity index (χ1) is 7.56. The van der Waals surface area contributed by atoms with Gasteiger partial charge in [-0.05, 0) is 24.6 Å². The highest BCUT2D eigenvalue weighted by molar-refractivity contribution is 6.13. The van der Waals surface area contributed by atoms with E-state index in [9.17, 15) is 14.7 Å². The molecule has 0 fully saturated rings. The third-order valence-corrected chi connectivity index (χ3v) is 2.40. The van der Waals surface area contributed by atoms with E-state index in [-0.39, 0.29) is 18.2 Å². The number of nitrogens with one attached hydrogen (secondary N) is 2. The van der Waals surface area contributed by atoms with Gasteiger partial charge in [-0.25, -0.2) is 0 Å². The average Bonchev–Trinajstić information content (AvgIpc) is 2.32. The summed E-state index contributed by atoms with van der Waals surface area (Å²) in [6, 6.07) is 5.03. The minimum atomic E-state index is -0.610. The van der Waals surface area contributed by atoms with E-state index in [1.54, 1.807) is 25.1 Å². The molecule has 3 N–H and O–H groups in total. The summed E-state index contributed by atoms with van der Waals surface area (Å²) < 4.78 is 0. The van der Waals surface area contributed by atoms with E-state index in [0.717, 1.165) is 0 Å². The Bertz CT molecular complexity index is 455. The molecule has 0 aliphatic carbocycles. The van der Waals surface area contributed by atoms with E-state index in [1.807, 2.05) is 0 Å². The molecule has 0 saturated carbocycles. The fraction of sp³-hybridized carbons (Fsp3) is 0.273. The van der Waals surface area contributed by atoms with Crippen LogP contribution in [0.4, 0.5) is 11.4 Å². The number of rotatable bonds is 1. The first kappa shape index (κ1) is 10.6. The largest absolute Gasteiger partial charge is 0.389 e. The third-order valence-electron chi connectivity index (χ3n) is 2.40. The van der Waals surface area contributed by atoms with Gasteiger partial charge in [0, 0.05) is 0 Å². The molecule has 0 spiro atoms. The van der Waals surface area contributed by atoms with Gasteiger partial charge in [0.25, 0.3) is 0 Å². The Balaban J connectivity index is 2.42. The molecule has 5 heteroatoms. The van der Waals surface area contributed by atoms with Crippen LogP contribution in [-0.2, 0) is 9.59 Å². The van der Waals surface area contributed by atoms with Crippen LogP contribution in [0.3, 0.4) is 0 Å². The Hall–Kier alpha value is -1.88. The molecular formula is C11H12N2O3. The zero-order valence-electron chi connectivity index (χ0n) is 8.78. The fourth-order valence-electron chi connectivity index (χ4n) is 1.57. The van der Waals surface area contributed by atoms with Crippen molar-refractivity contribution in [3.05, 3.63) is 23.8 Å². The second kappa shape index (κ2) is 3.94. The standard InChI is InChI=1S/C11H12N2O3/c1-6(14)7-2-3-8-9(4-7)13-11(16)5-10(15)12-8/h2-4,6,14H,5H2,1H3,(H,12,15)(H,13,16)/t6-/m1/s1. The predicted octanol–water partition coefficient (Wildman–Crippen LogP) is 1.02. The van der Waals surface area contributed by atoms with Gasteiger partial charge in [0.05, 0.1) is 17.5 Å². The third kappa shape index (κ3) is 2.04. The summed E-state index contributed by atoms with van der Waals surface area (Å²) in [5.74, 6) is -0.681. The van der Waals surface area contributed by atoms with Crippen molar-refractivity contribution >= 4 is 23.2 Å². The molecule has 1 aromatic rings. The van der Waals surface area contributed by atoms with Crippen molar-refractivity contribution in [1.82, 2.24) is 0 Å². The van der Waals surface area contributed by atoms with Crippen molar-refractivity contribution in [1.29, 1.82) is 0 Å². The first-order valence-electron chi connectivity index (χ1n) is 4.98. The number of fused-ring (bicyclic) bond motifs is 1. The lowest BCUT2D eigenvalue weighted by Crippen LogP contribution is -2.16. The topological polar surface area (TPSA) is 78.4 Å². The lowest BCUT2D eigenvalue weighted by Gasteiger charge is -2.10. The molecular weight excluding hydrogens is 208 g/mol. The highest BCUT2D eigenvalue weighted by Crippen LogP contribution is 2.28. The summed E-state index contributed by atoms with van der Waals surface area (Å²) in [6.07, 6.45) is -0.792. The molecule has 1 atom stereocenters. The summed E-state index contributed by atoms with van der Waals surface area (Å²) in [7, 11) is 0. The number of hydrogen-bond acceptors (Lipinski definition) is 3. The summed E-state index contributed by atoms with van der Waals surface area (Å²) >= 11 is 0. The minimum absolute atomic E-state index is 0.182. The van der Waals surface area contributed by atoms with E-state index < -0.39 is 6.10 Å². The number of carbonyl (C=O) groups is 2. The van der Waals surface area contributed by atoms with Crippen molar-refractivity contribution < 1.29 is 14.7 Å². The molecule has 0 aromatic heterocycles. The van der Waals surface area contributed by atoms with Crippen molar-refractivity contribution in [3.63, 3.8) is 0 Å². The molecule has 0 radical (unpaired) electrons. The van der Waals surface area contributed by atoms with Crippen LogP contribution in [-0.4, -0.2) is 16.9 Å².